The van der Waals surface area contributed by atoms with Crippen molar-refractivity contribution in [3.8, 4) is 0 Å². The van der Waals surface area contributed by atoms with Crippen LogP contribution >= 0.6 is 0 Å². The second-order valence-electron chi connectivity index (χ2n) is 10.4. The second kappa shape index (κ2) is 12.2. The van der Waals surface area contributed by atoms with Crippen molar-refractivity contribution < 1.29 is 9.59 Å². The third-order valence-corrected chi connectivity index (χ3v) is 7.85. The first-order chi connectivity index (χ1) is 18.6. The molecule has 0 aromatic heterocycles. The Bertz CT molecular complexity index is 1250. The summed E-state index contributed by atoms with van der Waals surface area (Å²) in [6, 6.07) is 24.0. The molecule has 0 saturated carbocycles. The van der Waals surface area contributed by atoms with Crippen molar-refractivity contribution in [1.82, 2.24) is 4.90 Å². The molecule has 2 aliphatic rings. The Hall–Kier alpha value is -3.80. The lowest BCUT2D eigenvalue weighted by molar-refractivity contribution is 0.0793. The smallest absolute Gasteiger partial charge is 0.323 e. The van der Waals surface area contributed by atoms with Gasteiger partial charge in [-0.3, -0.25) is 4.79 Å². The number of hydrogen-bond acceptors (Lipinski definition) is 3. The van der Waals surface area contributed by atoms with Gasteiger partial charge in [-0.1, -0.05) is 55.5 Å². The summed E-state index contributed by atoms with van der Waals surface area (Å²) in [6.07, 6.45) is 6.23. The highest BCUT2D eigenvalue weighted by Crippen LogP contribution is 2.31. The standard InChI is InChI=1S/C32H38N4O2/c1-2-26-12-6-7-13-29(26)34-32(38)33-27-14-15-30(28(23-27)31(37)36-18-8-9-19-36)35-20-16-25(17-21-35)22-24-10-4-3-5-11-24/h3-7,10-15,23,25H,2,8-9,16-22H2,1H3,(H2,33,34,38). The molecule has 2 aliphatic heterocycles. The molecule has 0 bridgehead atoms. The summed E-state index contributed by atoms with van der Waals surface area (Å²) in [6.45, 7) is 5.52. The number of likely N-dealkylation sites (tertiary alicyclic amines) is 1. The van der Waals surface area contributed by atoms with E-state index in [1.165, 1.54) is 5.56 Å². The molecular weight excluding hydrogens is 472 g/mol. The molecule has 0 aliphatic carbocycles. The maximum atomic E-state index is 13.6. The Morgan fingerprint density at radius 1 is 0.842 bits per heavy atom. The molecule has 0 radical (unpaired) electrons. The number of para-hydroxylation sites is 1. The number of rotatable bonds is 7. The van der Waals surface area contributed by atoms with Crippen LogP contribution in [0.15, 0.2) is 72.8 Å². The number of nitrogens with one attached hydrogen (secondary N) is 2. The van der Waals surface area contributed by atoms with Gasteiger partial charge in [0, 0.05) is 43.2 Å². The van der Waals surface area contributed by atoms with Gasteiger partial charge < -0.3 is 20.4 Å². The maximum Gasteiger partial charge on any atom is 0.323 e. The van der Waals surface area contributed by atoms with E-state index < -0.39 is 0 Å². The van der Waals surface area contributed by atoms with Gasteiger partial charge in [0.25, 0.3) is 5.91 Å². The van der Waals surface area contributed by atoms with Gasteiger partial charge in [0.05, 0.1) is 5.56 Å². The molecule has 2 N–H and O–H groups in total. The number of anilines is 3. The Kier molecular flexibility index (Phi) is 8.27. The Balaban J connectivity index is 1.31. The topological polar surface area (TPSA) is 64.7 Å². The zero-order chi connectivity index (χ0) is 26.3. The number of piperidine rings is 1. The fraction of sp³-hybridized carbons (Fsp3) is 0.375. The number of benzene rings is 3. The van der Waals surface area contributed by atoms with Gasteiger partial charge in [-0.05, 0) is 79.8 Å². The summed E-state index contributed by atoms with van der Waals surface area (Å²) in [5.41, 5.74) is 5.56. The normalized spacial score (nSPS) is 15.9. The first kappa shape index (κ1) is 25.8. The molecule has 0 spiro atoms. The number of carbonyl (C=O) groups is 2. The zero-order valence-electron chi connectivity index (χ0n) is 22.3. The van der Waals surface area contributed by atoms with E-state index >= 15 is 0 Å². The van der Waals surface area contributed by atoms with Gasteiger partial charge in [-0.2, -0.15) is 0 Å². The summed E-state index contributed by atoms with van der Waals surface area (Å²) >= 11 is 0. The number of urea groups is 1. The van der Waals surface area contributed by atoms with Gasteiger partial charge in [0.1, 0.15) is 0 Å². The molecule has 198 valence electrons. The van der Waals surface area contributed by atoms with Gasteiger partial charge in [0.15, 0.2) is 0 Å². The average molecular weight is 511 g/mol. The lowest BCUT2D eigenvalue weighted by atomic mass is 9.89. The maximum absolute atomic E-state index is 13.6. The summed E-state index contributed by atoms with van der Waals surface area (Å²) in [5, 5.41) is 5.91. The van der Waals surface area contributed by atoms with Gasteiger partial charge in [0.2, 0.25) is 0 Å². The van der Waals surface area contributed by atoms with Crippen molar-refractivity contribution in [2.75, 3.05) is 41.7 Å². The van der Waals surface area contributed by atoms with Gasteiger partial charge in [-0.25, -0.2) is 4.79 Å². The molecule has 2 fully saturated rings. The fourth-order valence-electron chi connectivity index (χ4n) is 5.71. The van der Waals surface area contributed by atoms with Crippen LogP contribution in [0, 0.1) is 5.92 Å². The second-order valence-corrected chi connectivity index (χ2v) is 10.4. The van der Waals surface area contributed by atoms with Crippen LogP contribution in [0.5, 0.6) is 0 Å². The highest BCUT2D eigenvalue weighted by molar-refractivity contribution is 6.04. The third kappa shape index (κ3) is 6.18. The lowest BCUT2D eigenvalue weighted by Crippen LogP contribution is -2.36. The molecule has 6 nitrogen and oxygen atoms in total. The van der Waals surface area contributed by atoms with Crippen LogP contribution in [0.2, 0.25) is 0 Å². The highest BCUT2D eigenvalue weighted by Gasteiger charge is 2.27. The van der Waals surface area contributed by atoms with Crippen LogP contribution in [0.3, 0.4) is 0 Å². The quantitative estimate of drug-likeness (QED) is 0.377. The van der Waals surface area contributed by atoms with Gasteiger partial charge in [-0.15, -0.1) is 0 Å². The van der Waals surface area contributed by atoms with E-state index in [1.807, 2.05) is 47.4 Å². The van der Waals surface area contributed by atoms with Crippen molar-refractivity contribution in [2.24, 2.45) is 5.92 Å². The van der Waals surface area contributed by atoms with Crippen LogP contribution in [-0.4, -0.2) is 43.0 Å². The summed E-state index contributed by atoms with van der Waals surface area (Å²) in [7, 11) is 0. The molecule has 3 aromatic carbocycles. The molecule has 2 heterocycles. The SMILES string of the molecule is CCc1ccccc1NC(=O)Nc1ccc(N2CCC(Cc3ccccc3)CC2)c(C(=O)N2CCCC2)c1. The summed E-state index contributed by atoms with van der Waals surface area (Å²) in [5.74, 6) is 0.714. The van der Waals surface area contributed by atoms with Crippen LogP contribution in [-0.2, 0) is 12.8 Å². The molecule has 3 aromatic rings. The van der Waals surface area contributed by atoms with Crippen molar-refractivity contribution in [3.05, 3.63) is 89.5 Å². The van der Waals surface area contributed by atoms with E-state index in [0.29, 0.717) is 17.2 Å². The molecule has 3 amide bonds. The zero-order valence-corrected chi connectivity index (χ0v) is 22.3. The van der Waals surface area contributed by atoms with Crippen molar-refractivity contribution >= 4 is 29.0 Å². The minimum Gasteiger partial charge on any atom is -0.371 e. The summed E-state index contributed by atoms with van der Waals surface area (Å²) < 4.78 is 0. The number of hydrogen-bond donors (Lipinski definition) is 2. The molecule has 0 atom stereocenters. The number of amides is 3. The third-order valence-electron chi connectivity index (χ3n) is 7.85. The Morgan fingerprint density at radius 3 is 2.29 bits per heavy atom. The van der Waals surface area contributed by atoms with E-state index in [0.717, 1.165) is 81.6 Å². The minimum absolute atomic E-state index is 0.0595. The monoisotopic (exact) mass is 510 g/mol. The van der Waals surface area contributed by atoms with Crippen molar-refractivity contribution in [1.29, 1.82) is 0 Å². The predicted molar refractivity (Wildman–Crippen MR) is 155 cm³/mol. The summed E-state index contributed by atoms with van der Waals surface area (Å²) in [4.78, 5) is 30.7. The number of aryl methyl sites for hydroxylation is 1. The van der Waals surface area contributed by atoms with Crippen LogP contribution in [0.1, 0.15) is 54.1 Å². The molecular formula is C32H38N4O2. The number of carbonyl (C=O) groups excluding carboxylic acids is 2. The van der Waals surface area contributed by atoms with E-state index in [9.17, 15) is 9.59 Å². The van der Waals surface area contributed by atoms with E-state index in [1.54, 1.807) is 0 Å². The first-order valence-electron chi connectivity index (χ1n) is 14.0. The average Bonchev–Trinajstić information content (AvgIpc) is 3.49. The van der Waals surface area contributed by atoms with Crippen LogP contribution < -0.4 is 15.5 Å². The molecule has 2 saturated heterocycles. The van der Waals surface area contributed by atoms with E-state index in [2.05, 4.69) is 52.8 Å². The van der Waals surface area contributed by atoms with Crippen molar-refractivity contribution in [2.45, 2.75) is 45.4 Å². The number of nitrogens with zero attached hydrogens (tertiary/aromatic N) is 2. The Morgan fingerprint density at radius 2 is 1.55 bits per heavy atom. The largest absolute Gasteiger partial charge is 0.371 e. The predicted octanol–water partition coefficient (Wildman–Crippen LogP) is 6.59. The Labute approximate surface area is 226 Å². The van der Waals surface area contributed by atoms with Crippen LogP contribution in [0.25, 0.3) is 0 Å². The molecule has 0 unspecified atom stereocenters. The fourth-order valence-corrected chi connectivity index (χ4v) is 5.71. The first-order valence-corrected chi connectivity index (χ1v) is 14.0. The van der Waals surface area contributed by atoms with Gasteiger partial charge >= 0.3 is 6.03 Å². The lowest BCUT2D eigenvalue weighted by Gasteiger charge is -2.35. The highest BCUT2D eigenvalue weighted by atomic mass is 16.2. The van der Waals surface area contributed by atoms with E-state index in [-0.39, 0.29) is 11.9 Å². The van der Waals surface area contributed by atoms with Crippen LogP contribution in [0.4, 0.5) is 21.9 Å². The molecule has 5 rings (SSSR count). The van der Waals surface area contributed by atoms with Crippen molar-refractivity contribution in [3.63, 3.8) is 0 Å². The molecule has 6 heteroatoms. The van der Waals surface area contributed by atoms with E-state index in [4.69, 9.17) is 0 Å². The minimum atomic E-state index is -0.306. The molecule has 38 heavy (non-hydrogen) atoms.